The van der Waals surface area contributed by atoms with Gasteiger partial charge in [0.2, 0.25) is 0 Å². The molecule has 172 valence electrons. The molecular formula is C27H32N4O2. The first-order chi connectivity index (χ1) is 16.1. The fraction of sp³-hybridized carbons (Fsp3) is 0.370. The number of likely N-dealkylation sites (N-methyl/N-ethyl adjacent to an activating group) is 1. The Labute approximate surface area is 195 Å². The van der Waals surface area contributed by atoms with E-state index < -0.39 is 0 Å². The number of furan rings is 1. The predicted octanol–water partition coefficient (Wildman–Crippen LogP) is 4.23. The van der Waals surface area contributed by atoms with Crippen LogP contribution in [0.5, 0.6) is 0 Å². The summed E-state index contributed by atoms with van der Waals surface area (Å²) in [4.78, 5) is 20.3. The number of piperazine rings is 1. The first kappa shape index (κ1) is 21.7. The molecule has 2 aliphatic rings. The Bertz CT molecular complexity index is 1120. The summed E-state index contributed by atoms with van der Waals surface area (Å²) in [7, 11) is 2.17. The second-order valence-corrected chi connectivity index (χ2v) is 9.30. The average molecular weight is 445 g/mol. The summed E-state index contributed by atoms with van der Waals surface area (Å²) in [6, 6.07) is 18.8. The zero-order chi connectivity index (χ0) is 22.8. The van der Waals surface area contributed by atoms with Crippen molar-refractivity contribution in [1.82, 2.24) is 9.80 Å². The monoisotopic (exact) mass is 444 g/mol. The Morgan fingerprint density at radius 3 is 2.70 bits per heavy atom. The maximum absolute atomic E-state index is 13.1. The molecule has 3 heterocycles. The minimum absolute atomic E-state index is 0.129. The van der Waals surface area contributed by atoms with E-state index in [0.717, 1.165) is 44.8 Å². The lowest BCUT2D eigenvalue weighted by molar-refractivity contribution is 0.102. The normalized spacial score (nSPS) is 19.0. The lowest BCUT2D eigenvalue weighted by atomic mass is 10.1. The molecule has 0 aliphatic carbocycles. The molecule has 0 spiro atoms. The second kappa shape index (κ2) is 9.41. The number of hydrogen-bond acceptors (Lipinski definition) is 5. The topological polar surface area (TPSA) is 52.0 Å². The van der Waals surface area contributed by atoms with Crippen LogP contribution >= 0.6 is 0 Å². The van der Waals surface area contributed by atoms with Gasteiger partial charge in [-0.05, 0) is 55.8 Å². The van der Waals surface area contributed by atoms with Crippen molar-refractivity contribution in [2.45, 2.75) is 32.5 Å². The first-order valence-electron chi connectivity index (χ1n) is 11.8. The van der Waals surface area contributed by atoms with Gasteiger partial charge >= 0.3 is 0 Å². The summed E-state index contributed by atoms with van der Waals surface area (Å²) in [5.74, 6) is 0.570. The number of rotatable bonds is 6. The van der Waals surface area contributed by atoms with Gasteiger partial charge in [0.05, 0.1) is 18.4 Å². The molecule has 33 heavy (non-hydrogen) atoms. The summed E-state index contributed by atoms with van der Waals surface area (Å²) in [5.41, 5.74) is 5.20. The van der Waals surface area contributed by atoms with E-state index in [1.165, 1.54) is 16.8 Å². The highest BCUT2D eigenvalue weighted by molar-refractivity contribution is 6.05. The molecule has 0 bridgehead atoms. The molecule has 1 unspecified atom stereocenters. The van der Waals surface area contributed by atoms with Gasteiger partial charge in [0.15, 0.2) is 0 Å². The quantitative estimate of drug-likeness (QED) is 0.617. The van der Waals surface area contributed by atoms with Crippen molar-refractivity contribution < 1.29 is 9.21 Å². The molecule has 0 radical (unpaired) electrons. The molecule has 0 saturated carbocycles. The maximum Gasteiger partial charge on any atom is 0.259 e. The van der Waals surface area contributed by atoms with E-state index in [1.807, 2.05) is 12.1 Å². The Morgan fingerprint density at radius 2 is 1.85 bits per heavy atom. The van der Waals surface area contributed by atoms with Crippen molar-refractivity contribution in [3.8, 4) is 0 Å². The van der Waals surface area contributed by atoms with Crippen LogP contribution in [-0.4, -0.2) is 55.0 Å². The van der Waals surface area contributed by atoms with E-state index >= 15 is 0 Å². The van der Waals surface area contributed by atoms with Gasteiger partial charge < -0.3 is 19.5 Å². The number of carbonyl (C=O) groups is 1. The molecule has 2 aliphatic heterocycles. The van der Waals surface area contributed by atoms with Crippen molar-refractivity contribution in [3.63, 3.8) is 0 Å². The van der Waals surface area contributed by atoms with E-state index in [1.54, 1.807) is 12.3 Å². The molecule has 1 fully saturated rings. The number of fused-ring (bicyclic) bond motifs is 1. The van der Waals surface area contributed by atoms with Crippen molar-refractivity contribution in [2.24, 2.45) is 0 Å². The van der Waals surface area contributed by atoms with Crippen LogP contribution in [0.15, 0.2) is 65.3 Å². The van der Waals surface area contributed by atoms with Crippen molar-refractivity contribution in [3.05, 3.63) is 83.3 Å². The molecular weight excluding hydrogens is 412 g/mol. The Kier molecular flexibility index (Phi) is 6.20. The third-order valence-electron chi connectivity index (χ3n) is 6.84. The summed E-state index contributed by atoms with van der Waals surface area (Å²) in [6.07, 6.45) is 2.62. The van der Waals surface area contributed by atoms with Crippen LogP contribution < -0.4 is 10.2 Å². The maximum atomic E-state index is 13.1. The molecule has 6 heteroatoms. The van der Waals surface area contributed by atoms with E-state index in [2.05, 4.69) is 70.4 Å². The highest BCUT2D eigenvalue weighted by Gasteiger charge is 2.28. The van der Waals surface area contributed by atoms with Crippen molar-refractivity contribution in [1.29, 1.82) is 0 Å². The van der Waals surface area contributed by atoms with E-state index in [4.69, 9.17) is 4.42 Å². The fourth-order valence-electron chi connectivity index (χ4n) is 4.90. The molecule has 2 aromatic carbocycles. The van der Waals surface area contributed by atoms with E-state index in [9.17, 15) is 4.79 Å². The van der Waals surface area contributed by atoms with E-state index in [-0.39, 0.29) is 5.91 Å². The second-order valence-electron chi connectivity index (χ2n) is 9.30. The average Bonchev–Trinajstić information content (AvgIpc) is 3.40. The number of nitrogens with zero attached hydrogens (tertiary/aromatic N) is 3. The lowest BCUT2D eigenvalue weighted by Gasteiger charge is -2.32. The molecule has 1 aromatic heterocycles. The Morgan fingerprint density at radius 1 is 1.03 bits per heavy atom. The van der Waals surface area contributed by atoms with Gasteiger partial charge in [-0.25, -0.2) is 0 Å². The van der Waals surface area contributed by atoms with E-state index in [0.29, 0.717) is 23.9 Å². The van der Waals surface area contributed by atoms with Crippen LogP contribution in [0.4, 0.5) is 11.4 Å². The number of nitrogens with one attached hydrogen (secondary N) is 1. The number of carbonyl (C=O) groups excluding carboxylic acids is 1. The van der Waals surface area contributed by atoms with Gasteiger partial charge in [0.25, 0.3) is 5.91 Å². The van der Waals surface area contributed by atoms with Gasteiger partial charge in [-0.3, -0.25) is 9.69 Å². The lowest BCUT2D eigenvalue weighted by Crippen LogP contribution is -2.43. The predicted molar refractivity (Wildman–Crippen MR) is 132 cm³/mol. The standard InChI is InChI=1S/C27H32N4O2/c1-20-16-22-7-3-4-9-25(22)31(20)19-26-24(10-15-33-26)27(32)28-23-8-5-6-21(17-23)18-30-13-11-29(2)12-14-30/h3-10,15,17,20H,11-14,16,18-19H2,1-2H3,(H,28,32). The third-order valence-corrected chi connectivity index (χ3v) is 6.84. The highest BCUT2D eigenvalue weighted by Crippen LogP contribution is 2.33. The summed E-state index contributed by atoms with van der Waals surface area (Å²) < 4.78 is 5.77. The molecule has 1 atom stereocenters. The van der Waals surface area contributed by atoms with Crippen LogP contribution in [-0.2, 0) is 19.5 Å². The zero-order valence-corrected chi connectivity index (χ0v) is 19.5. The number of benzene rings is 2. The first-order valence-corrected chi connectivity index (χ1v) is 11.8. The van der Waals surface area contributed by atoms with Gasteiger partial charge in [-0.1, -0.05) is 30.3 Å². The number of hydrogen-bond donors (Lipinski definition) is 1. The smallest absolute Gasteiger partial charge is 0.259 e. The zero-order valence-electron chi connectivity index (χ0n) is 19.5. The van der Waals surface area contributed by atoms with Crippen LogP contribution in [0.2, 0.25) is 0 Å². The molecule has 1 N–H and O–H groups in total. The molecule has 1 saturated heterocycles. The summed E-state index contributed by atoms with van der Waals surface area (Å²) in [6.45, 7) is 8.04. The fourth-order valence-corrected chi connectivity index (χ4v) is 4.90. The van der Waals surface area contributed by atoms with Crippen molar-refractivity contribution in [2.75, 3.05) is 43.4 Å². The van der Waals surface area contributed by atoms with Gasteiger partial charge in [-0.2, -0.15) is 0 Å². The largest absolute Gasteiger partial charge is 0.467 e. The molecule has 5 rings (SSSR count). The van der Waals surface area contributed by atoms with Crippen LogP contribution in [0.1, 0.15) is 34.2 Å². The molecule has 3 aromatic rings. The van der Waals surface area contributed by atoms with Gasteiger partial charge in [0.1, 0.15) is 5.76 Å². The van der Waals surface area contributed by atoms with Crippen LogP contribution in [0.25, 0.3) is 0 Å². The summed E-state index contributed by atoms with van der Waals surface area (Å²) >= 11 is 0. The van der Waals surface area contributed by atoms with Crippen molar-refractivity contribution >= 4 is 17.3 Å². The minimum Gasteiger partial charge on any atom is -0.467 e. The van der Waals surface area contributed by atoms with Gasteiger partial charge in [-0.15, -0.1) is 0 Å². The third kappa shape index (κ3) is 4.82. The van der Waals surface area contributed by atoms with Crippen LogP contribution in [0, 0.1) is 0 Å². The van der Waals surface area contributed by atoms with Crippen LogP contribution in [0.3, 0.4) is 0 Å². The number of anilines is 2. The number of para-hydroxylation sites is 1. The molecule has 6 nitrogen and oxygen atoms in total. The minimum atomic E-state index is -0.129. The Hall–Kier alpha value is -3.09. The highest BCUT2D eigenvalue weighted by atomic mass is 16.3. The summed E-state index contributed by atoms with van der Waals surface area (Å²) in [5, 5.41) is 3.08. The Balaban J connectivity index is 1.26. The molecule has 1 amide bonds. The van der Waals surface area contributed by atoms with Gasteiger partial charge in [0, 0.05) is 50.1 Å². The number of amides is 1. The SMILES string of the molecule is CC1Cc2ccccc2N1Cc1occc1C(=O)Nc1cccc(CN2CCN(C)CC2)c1.